The van der Waals surface area contributed by atoms with Crippen molar-refractivity contribution in [1.82, 2.24) is 9.97 Å². The molecule has 0 aromatic carbocycles. The first kappa shape index (κ1) is 12.2. The predicted molar refractivity (Wildman–Crippen MR) is 64.2 cm³/mol. The molecular weight excluding hydrogens is 184 g/mol. The molecule has 0 aliphatic rings. The first-order chi connectivity index (χ1) is 6.60. The fourth-order valence-electron chi connectivity index (χ4n) is 1.29. The van der Waals surface area contributed by atoms with E-state index in [0.29, 0.717) is 0 Å². The molecule has 0 atom stereocenters. The molecule has 0 fully saturated rings. The summed E-state index contributed by atoms with van der Waals surface area (Å²) in [7, 11) is 0. The van der Waals surface area contributed by atoms with E-state index in [1.54, 1.807) is 0 Å². The lowest BCUT2D eigenvalue weighted by molar-refractivity contribution is 0.511. The molecule has 2 heteroatoms. The van der Waals surface area contributed by atoms with Crippen molar-refractivity contribution in [2.75, 3.05) is 0 Å². The highest BCUT2D eigenvalue weighted by atomic mass is 14.9. The van der Waals surface area contributed by atoms with Crippen LogP contribution in [0.25, 0.3) is 0 Å². The van der Waals surface area contributed by atoms with Gasteiger partial charge >= 0.3 is 0 Å². The quantitative estimate of drug-likeness (QED) is 0.650. The number of hydrogen-bond acceptors (Lipinski definition) is 2. The Morgan fingerprint density at radius 1 is 0.867 bits per heavy atom. The number of hydrogen-bond donors (Lipinski definition) is 0. The summed E-state index contributed by atoms with van der Waals surface area (Å²) in [5.41, 5.74) is 2.29. The summed E-state index contributed by atoms with van der Waals surface area (Å²) in [6, 6.07) is 2.08. The number of aromatic nitrogens is 2. The highest BCUT2D eigenvalue weighted by Crippen LogP contribution is 2.24. The molecular formula is C13H22N2. The maximum absolute atomic E-state index is 4.66. The maximum atomic E-state index is 4.66. The molecule has 0 radical (unpaired) electrons. The summed E-state index contributed by atoms with van der Waals surface area (Å²) >= 11 is 0. The van der Waals surface area contributed by atoms with Crippen LogP contribution in [-0.2, 0) is 10.8 Å². The van der Waals surface area contributed by atoms with Crippen LogP contribution in [0.1, 0.15) is 58.8 Å². The number of aryl methyl sites for hydroxylation is 1. The summed E-state index contributed by atoms with van der Waals surface area (Å²) in [5, 5.41) is 0. The molecule has 0 saturated carbocycles. The zero-order valence-electron chi connectivity index (χ0n) is 11.0. The van der Waals surface area contributed by atoms with Gasteiger partial charge < -0.3 is 0 Å². The molecule has 15 heavy (non-hydrogen) atoms. The standard InChI is InChI=1S/C13H22N2/c1-9-8-10(12(2,3)4)15-11(14-9)13(5,6)7/h8H,1-7H3. The van der Waals surface area contributed by atoms with Gasteiger partial charge in [-0.3, -0.25) is 0 Å². The van der Waals surface area contributed by atoms with Crippen molar-refractivity contribution in [3.63, 3.8) is 0 Å². The van der Waals surface area contributed by atoms with Gasteiger partial charge in [-0.25, -0.2) is 9.97 Å². The molecule has 84 valence electrons. The van der Waals surface area contributed by atoms with E-state index in [-0.39, 0.29) is 10.8 Å². The summed E-state index contributed by atoms with van der Waals surface area (Å²) < 4.78 is 0. The van der Waals surface area contributed by atoms with E-state index in [4.69, 9.17) is 0 Å². The van der Waals surface area contributed by atoms with Crippen molar-refractivity contribution in [2.45, 2.75) is 59.3 Å². The van der Waals surface area contributed by atoms with E-state index in [9.17, 15) is 0 Å². The third-order valence-corrected chi connectivity index (χ3v) is 2.29. The van der Waals surface area contributed by atoms with Crippen molar-refractivity contribution in [3.05, 3.63) is 23.3 Å². The molecule has 0 unspecified atom stereocenters. The van der Waals surface area contributed by atoms with E-state index in [0.717, 1.165) is 17.2 Å². The van der Waals surface area contributed by atoms with Crippen molar-refractivity contribution < 1.29 is 0 Å². The van der Waals surface area contributed by atoms with Crippen LogP contribution in [0.3, 0.4) is 0 Å². The largest absolute Gasteiger partial charge is 0.238 e. The molecule has 1 heterocycles. The Labute approximate surface area is 93.2 Å². The maximum Gasteiger partial charge on any atom is 0.134 e. The molecule has 1 aromatic rings. The predicted octanol–water partition coefficient (Wildman–Crippen LogP) is 3.38. The second kappa shape index (κ2) is 3.58. The van der Waals surface area contributed by atoms with E-state index in [2.05, 4.69) is 57.6 Å². The topological polar surface area (TPSA) is 25.8 Å². The molecule has 1 aromatic heterocycles. The van der Waals surface area contributed by atoms with Crippen LogP contribution in [0.5, 0.6) is 0 Å². The van der Waals surface area contributed by atoms with E-state index in [1.165, 1.54) is 0 Å². The third-order valence-electron chi connectivity index (χ3n) is 2.29. The molecule has 0 aliphatic heterocycles. The lowest BCUT2D eigenvalue weighted by Gasteiger charge is -2.23. The highest BCUT2D eigenvalue weighted by molar-refractivity contribution is 5.19. The van der Waals surface area contributed by atoms with Crippen molar-refractivity contribution >= 4 is 0 Å². The molecule has 1 rings (SSSR count). The van der Waals surface area contributed by atoms with Gasteiger partial charge in [-0.05, 0) is 13.0 Å². The van der Waals surface area contributed by atoms with Gasteiger partial charge in [-0.15, -0.1) is 0 Å². The monoisotopic (exact) mass is 206 g/mol. The highest BCUT2D eigenvalue weighted by Gasteiger charge is 2.22. The zero-order valence-corrected chi connectivity index (χ0v) is 11.0. The Morgan fingerprint density at radius 2 is 1.40 bits per heavy atom. The summed E-state index contributed by atoms with van der Waals surface area (Å²) in [6.07, 6.45) is 0. The van der Waals surface area contributed by atoms with Gasteiger partial charge in [0.15, 0.2) is 0 Å². The van der Waals surface area contributed by atoms with Crippen LogP contribution in [0.2, 0.25) is 0 Å². The summed E-state index contributed by atoms with van der Waals surface area (Å²) in [4.78, 5) is 9.17. The molecule has 0 saturated heterocycles. The number of nitrogens with zero attached hydrogens (tertiary/aromatic N) is 2. The summed E-state index contributed by atoms with van der Waals surface area (Å²) in [5.74, 6) is 0.937. The Kier molecular flexibility index (Phi) is 2.90. The second-order valence-corrected chi connectivity index (χ2v) is 6.22. The first-order valence-corrected chi connectivity index (χ1v) is 5.47. The van der Waals surface area contributed by atoms with Gasteiger partial charge in [0, 0.05) is 22.2 Å². The van der Waals surface area contributed by atoms with Gasteiger partial charge in [-0.2, -0.15) is 0 Å². The Balaban J connectivity index is 3.30. The number of rotatable bonds is 0. The van der Waals surface area contributed by atoms with Crippen LogP contribution in [0.4, 0.5) is 0 Å². The Hall–Kier alpha value is -0.920. The van der Waals surface area contributed by atoms with Crippen molar-refractivity contribution in [2.24, 2.45) is 0 Å². The van der Waals surface area contributed by atoms with Crippen LogP contribution in [0, 0.1) is 6.92 Å². The molecule has 0 bridgehead atoms. The zero-order chi connectivity index (χ0) is 11.9. The minimum Gasteiger partial charge on any atom is -0.238 e. The lowest BCUT2D eigenvalue weighted by Crippen LogP contribution is -2.22. The van der Waals surface area contributed by atoms with Gasteiger partial charge in [0.25, 0.3) is 0 Å². The van der Waals surface area contributed by atoms with Crippen LogP contribution >= 0.6 is 0 Å². The van der Waals surface area contributed by atoms with Gasteiger partial charge in [0.1, 0.15) is 5.82 Å². The van der Waals surface area contributed by atoms with Gasteiger partial charge in [0.05, 0.1) is 0 Å². The minimum absolute atomic E-state index is 0.0199. The van der Waals surface area contributed by atoms with Crippen LogP contribution in [0.15, 0.2) is 6.07 Å². The minimum atomic E-state index is 0.0199. The fourth-order valence-corrected chi connectivity index (χ4v) is 1.29. The average molecular weight is 206 g/mol. The van der Waals surface area contributed by atoms with E-state index < -0.39 is 0 Å². The average Bonchev–Trinajstić information content (AvgIpc) is 1.99. The van der Waals surface area contributed by atoms with Gasteiger partial charge in [-0.1, -0.05) is 41.5 Å². The summed E-state index contributed by atoms with van der Waals surface area (Å²) in [6.45, 7) is 15.0. The Bertz CT molecular complexity index is 322. The molecule has 0 amide bonds. The van der Waals surface area contributed by atoms with E-state index in [1.807, 2.05) is 6.92 Å². The van der Waals surface area contributed by atoms with Crippen LogP contribution in [-0.4, -0.2) is 9.97 Å². The lowest BCUT2D eigenvalue weighted by atomic mass is 9.90. The SMILES string of the molecule is Cc1cc(C(C)(C)C)nc(C(C)(C)C)n1. The first-order valence-electron chi connectivity index (χ1n) is 5.47. The third kappa shape index (κ3) is 3.01. The van der Waals surface area contributed by atoms with Gasteiger partial charge in [0.2, 0.25) is 0 Å². The Morgan fingerprint density at radius 3 is 1.80 bits per heavy atom. The van der Waals surface area contributed by atoms with Crippen molar-refractivity contribution in [3.8, 4) is 0 Å². The molecule has 0 aliphatic carbocycles. The van der Waals surface area contributed by atoms with E-state index >= 15 is 0 Å². The second-order valence-electron chi connectivity index (χ2n) is 6.22. The molecule has 0 spiro atoms. The van der Waals surface area contributed by atoms with Crippen molar-refractivity contribution in [1.29, 1.82) is 0 Å². The van der Waals surface area contributed by atoms with Crippen LogP contribution < -0.4 is 0 Å². The molecule has 2 nitrogen and oxygen atoms in total. The smallest absolute Gasteiger partial charge is 0.134 e. The normalized spacial score (nSPS) is 13.0. The molecule has 0 N–H and O–H groups in total. The fraction of sp³-hybridized carbons (Fsp3) is 0.692.